The van der Waals surface area contributed by atoms with Crippen LogP contribution in [0, 0.1) is 0 Å². The van der Waals surface area contributed by atoms with Gasteiger partial charge in [-0.25, -0.2) is 14.1 Å². The number of carbonyl (C=O) groups excluding carboxylic acids is 1. The molecule has 1 fully saturated rings. The lowest BCUT2D eigenvalue weighted by atomic mass is 10.4. The molecule has 1 rings (SSSR count). The van der Waals surface area contributed by atoms with Crippen LogP contribution < -0.4 is 0 Å². The second-order valence-electron chi connectivity index (χ2n) is 6.17. The molecule has 1 unspecified atom stereocenters. The Bertz CT molecular complexity index is 459. The minimum absolute atomic E-state index is 0.0143. The van der Waals surface area contributed by atoms with Gasteiger partial charge in [-0.05, 0) is 20.5 Å². The van der Waals surface area contributed by atoms with E-state index in [1.165, 1.54) is 0 Å². The van der Waals surface area contributed by atoms with Crippen LogP contribution >= 0.6 is 7.67 Å². The van der Waals surface area contributed by atoms with E-state index in [2.05, 4.69) is 0 Å². The molecule has 0 spiro atoms. The maximum Gasteiger partial charge on any atom is 0.409 e. The van der Waals surface area contributed by atoms with Gasteiger partial charge in [-0.2, -0.15) is 0 Å². The van der Waals surface area contributed by atoms with Crippen LogP contribution in [0.25, 0.3) is 0 Å². The van der Waals surface area contributed by atoms with Crippen molar-refractivity contribution in [3.05, 3.63) is 0 Å². The fraction of sp³-hybridized carbons (Fsp3) is 0.938. The summed E-state index contributed by atoms with van der Waals surface area (Å²) in [6.07, 6.45) is 0.392. The minimum Gasteiger partial charge on any atom is -0.447 e. The van der Waals surface area contributed by atoms with Crippen LogP contribution in [0.4, 0.5) is 4.79 Å². The van der Waals surface area contributed by atoms with Gasteiger partial charge in [0.15, 0.2) is 0 Å². The number of aliphatic hydroxyl groups excluding tert-OH is 1. The minimum atomic E-state index is -3.04. The fourth-order valence-corrected chi connectivity index (χ4v) is 4.46. The van der Waals surface area contributed by atoms with Crippen molar-refractivity contribution in [1.82, 2.24) is 14.2 Å². The van der Waals surface area contributed by atoms with E-state index in [9.17, 15) is 9.36 Å². The third-order valence-corrected chi connectivity index (χ3v) is 6.55. The summed E-state index contributed by atoms with van der Waals surface area (Å²) in [6.45, 7) is 5.70. The smallest absolute Gasteiger partial charge is 0.409 e. The molecule has 10 nitrogen and oxygen atoms in total. The zero-order chi connectivity index (χ0) is 20.1. The largest absolute Gasteiger partial charge is 0.447 e. The van der Waals surface area contributed by atoms with E-state index in [0.717, 1.165) is 6.42 Å². The molecule has 0 aromatic carbocycles. The number of rotatable bonds is 13. The molecule has 0 aromatic heterocycles. The van der Waals surface area contributed by atoms with E-state index in [1.807, 2.05) is 11.6 Å². The molecule has 11 heteroatoms. The van der Waals surface area contributed by atoms with Gasteiger partial charge < -0.3 is 28.7 Å². The van der Waals surface area contributed by atoms with Crippen molar-refractivity contribution >= 4 is 13.8 Å². The Labute approximate surface area is 161 Å². The first-order valence-electron chi connectivity index (χ1n) is 9.31. The van der Waals surface area contributed by atoms with Crippen LogP contribution in [0.15, 0.2) is 0 Å². The summed E-state index contributed by atoms with van der Waals surface area (Å²) < 4.78 is 37.7. The molecule has 0 radical (unpaired) electrons. The predicted octanol–water partition coefficient (Wildman–Crippen LogP) is 0.862. The van der Waals surface area contributed by atoms with Gasteiger partial charge in [0, 0.05) is 26.2 Å². The molecule has 160 valence electrons. The second-order valence-corrected chi connectivity index (χ2v) is 8.78. The molecule has 1 amide bonds. The summed E-state index contributed by atoms with van der Waals surface area (Å²) in [4.78, 5) is 13.7. The molecule has 1 atom stereocenters. The molecular weight excluding hydrogens is 377 g/mol. The number of nitrogens with zero attached hydrogens (tertiary/aromatic N) is 3. The predicted molar refractivity (Wildman–Crippen MR) is 101 cm³/mol. The third-order valence-electron chi connectivity index (χ3n) is 3.90. The van der Waals surface area contributed by atoms with Crippen molar-refractivity contribution in [2.75, 3.05) is 86.5 Å². The average Bonchev–Trinajstić information content (AvgIpc) is 2.68. The maximum absolute atomic E-state index is 13.1. The van der Waals surface area contributed by atoms with E-state index >= 15 is 0 Å². The zero-order valence-corrected chi connectivity index (χ0v) is 17.6. The van der Waals surface area contributed by atoms with Crippen LogP contribution in [-0.2, 0) is 23.3 Å². The van der Waals surface area contributed by atoms with Crippen molar-refractivity contribution in [1.29, 1.82) is 0 Å². The van der Waals surface area contributed by atoms with Crippen LogP contribution in [0.3, 0.4) is 0 Å². The quantitative estimate of drug-likeness (QED) is 0.349. The Morgan fingerprint density at radius 2 is 1.59 bits per heavy atom. The molecule has 0 aliphatic carbocycles. The SMILES string of the molecule is CCCOP(=O)(N(C)C)N1CCN(C(=O)OCCOCCOCCO)CC1. The van der Waals surface area contributed by atoms with E-state index < -0.39 is 13.8 Å². The van der Waals surface area contributed by atoms with Crippen LogP contribution in [0.5, 0.6) is 0 Å². The number of hydrogen-bond acceptors (Lipinski definition) is 7. The van der Waals surface area contributed by atoms with Crippen LogP contribution in [-0.4, -0.2) is 112 Å². The van der Waals surface area contributed by atoms with Crippen molar-refractivity contribution in [3.8, 4) is 0 Å². The number of amides is 1. The van der Waals surface area contributed by atoms with Crippen molar-refractivity contribution in [3.63, 3.8) is 0 Å². The summed E-state index contributed by atoms with van der Waals surface area (Å²) in [5.74, 6) is 0. The van der Waals surface area contributed by atoms with Gasteiger partial charge in [-0.3, -0.25) is 4.57 Å². The van der Waals surface area contributed by atoms with Crippen molar-refractivity contribution in [2.45, 2.75) is 13.3 Å². The number of aliphatic hydroxyl groups is 1. The maximum atomic E-state index is 13.1. The Balaban J connectivity index is 2.26. The molecule has 0 aromatic rings. The van der Waals surface area contributed by atoms with Crippen molar-refractivity contribution in [2.24, 2.45) is 0 Å². The average molecular weight is 411 g/mol. The summed E-state index contributed by atoms with van der Waals surface area (Å²) in [6, 6.07) is 0. The molecule has 1 saturated heterocycles. The van der Waals surface area contributed by atoms with E-state index in [-0.39, 0.29) is 26.4 Å². The highest BCUT2D eigenvalue weighted by Gasteiger charge is 2.37. The molecule has 1 aliphatic heterocycles. The molecule has 1 aliphatic rings. The lowest BCUT2D eigenvalue weighted by Crippen LogP contribution is -2.49. The molecule has 1 N–H and O–H groups in total. The number of hydrogen-bond donors (Lipinski definition) is 1. The highest BCUT2D eigenvalue weighted by atomic mass is 31.2. The highest BCUT2D eigenvalue weighted by molar-refractivity contribution is 7.53. The summed E-state index contributed by atoms with van der Waals surface area (Å²) in [5, 5.41) is 8.56. The normalized spacial score (nSPS) is 17.9. The summed E-state index contributed by atoms with van der Waals surface area (Å²) >= 11 is 0. The lowest BCUT2D eigenvalue weighted by Gasteiger charge is -2.39. The first-order chi connectivity index (χ1) is 13.0. The molecular formula is C16H34N3O7P. The first kappa shape index (κ1) is 24.3. The van der Waals surface area contributed by atoms with Gasteiger partial charge in [-0.15, -0.1) is 0 Å². The Kier molecular flexibility index (Phi) is 12.1. The van der Waals surface area contributed by atoms with E-state index in [4.69, 9.17) is 23.8 Å². The number of carbonyl (C=O) groups is 1. The van der Waals surface area contributed by atoms with Crippen molar-refractivity contribution < 1.29 is 33.2 Å². The van der Waals surface area contributed by atoms with Crippen LogP contribution in [0.1, 0.15) is 13.3 Å². The summed E-state index contributed by atoms with van der Waals surface area (Å²) in [5.41, 5.74) is 0. The third kappa shape index (κ3) is 8.43. The van der Waals surface area contributed by atoms with Crippen LogP contribution in [0.2, 0.25) is 0 Å². The standard InChI is InChI=1S/C16H34N3O7P/c1-4-10-26-27(22,17(2)3)19-7-5-18(6-8-19)16(21)25-15-14-24-13-12-23-11-9-20/h20H,4-15H2,1-3H3. The Hall–Kier alpha value is -0.740. The Morgan fingerprint density at radius 3 is 2.15 bits per heavy atom. The molecule has 0 saturated carbocycles. The monoisotopic (exact) mass is 411 g/mol. The lowest BCUT2D eigenvalue weighted by molar-refractivity contribution is 0.0127. The van der Waals surface area contributed by atoms with Gasteiger partial charge in [-0.1, -0.05) is 6.92 Å². The second kappa shape index (κ2) is 13.4. The zero-order valence-electron chi connectivity index (χ0n) is 16.7. The van der Waals surface area contributed by atoms with Gasteiger partial charge in [0.05, 0.1) is 39.6 Å². The fourth-order valence-electron chi connectivity index (χ4n) is 2.46. The molecule has 1 heterocycles. The van der Waals surface area contributed by atoms with Gasteiger partial charge >= 0.3 is 13.8 Å². The van der Waals surface area contributed by atoms with E-state index in [1.54, 1.807) is 23.7 Å². The topological polar surface area (TPSA) is 101 Å². The van der Waals surface area contributed by atoms with Gasteiger partial charge in [0.1, 0.15) is 6.61 Å². The van der Waals surface area contributed by atoms with Gasteiger partial charge in [0.2, 0.25) is 0 Å². The van der Waals surface area contributed by atoms with Gasteiger partial charge in [0.25, 0.3) is 0 Å². The summed E-state index contributed by atoms with van der Waals surface area (Å²) in [7, 11) is 0.442. The molecule has 0 bridgehead atoms. The first-order valence-corrected chi connectivity index (χ1v) is 10.8. The Morgan fingerprint density at radius 1 is 1.00 bits per heavy atom. The molecule has 27 heavy (non-hydrogen) atoms. The number of ether oxygens (including phenoxy) is 3. The highest BCUT2D eigenvalue weighted by Crippen LogP contribution is 2.52. The van der Waals surface area contributed by atoms with E-state index in [0.29, 0.717) is 46.0 Å². The number of piperazine rings is 1.